The highest BCUT2D eigenvalue weighted by Crippen LogP contribution is 2.54. The van der Waals surface area contributed by atoms with Crippen LogP contribution in [0.15, 0.2) is 48.9 Å². The Hall–Kier alpha value is -3.03. The van der Waals surface area contributed by atoms with Gasteiger partial charge in [-0.1, -0.05) is 6.07 Å². The minimum Gasteiger partial charge on any atom is -0.417 e. The number of amides is 1. The summed E-state index contributed by atoms with van der Waals surface area (Å²) in [7, 11) is 0. The molecule has 2 aliphatic rings. The molecule has 4 rings (SSSR count). The number of carbonyl (C=O) groups is 1. The van der Waals surface area contributed by atoms with Gasteiger partial charge in [-0.2, -0.15) is 8.78 Å². The number of anilines is 1. The second-order valence-electron chi connectivity index (χ2n) is 7.33. The number of rotatable bonds is 8. The fourth-order valence-corrected chi connectivity index (χ4v) is 4.11. The van der Waals surface area contributed by atoms with Crippen molar-refractivity contribution in [3.8, 4) is 5.88 Å². The largest absolute Gasteiger partial charge is 0.417 e. The van der Waals surface area contributed by atoms with Crippen LogP contribution in [0.4, 0.5) is 14.5 Å². The number of fused-ring (bicyclic) bond motifs is 1. The van der Waals surface area contributed by atoms with E-state index in [0.29, 0.717) is 24.3 Å². The van der Waals surface area contributed by atoms with E-state index in [2.05, 4.69) is 24.9 Å². The number of aromatic nitrogens is 2. The van der Waals surface area contributed by atoms with Gasteiger partial charge in [-0.05, 0) is 47.9 Å². The lowest BCUT2D eigenvalue weighted by Crippen LogP contribution is -2.26. The quantitative estimate of drug-likeness (QED) is 0.690. The summed E-state index contributed by atoms with van der Waals surface area (Å²) in [5.41, 5.74) is 1.74. The SMILES string of the molecule is O=C(/C=C/c1cccnc1)NCC[C@@H]1[C@H]2CN(c3ccnc(OC(F)F)c3)C[C@@H]12. The fraction of sp³-hybridized carbons (Fsp3) is 0.381. The number of ether oxygens (including phenoxy) is 1. The smallest absolute Gasteiger partial charge is 0.388 e. The van der Waals surface area contributed by atoms with Crippen LogP contribution in [0.5, 0.6) is 5.88 Å². The Balaban J connectivity index is 1.18. The summed E-state index contributed by atoms with van der Waals surface area (Å²) in [6.45, 7) is -0.441. The van der Waals surface area contributed by atoms with Gasteiger partial charge in [0, 0.05) is 56.1 Å². The number of carbonyl (C=O) groups excluding carboxylic acids is 1. The molecule has 29 heavy (non-hydrogen) atoms. The molecule has 0 spiro atoms. The minimum atomic E-state index is -2.87. The molecule has 1 N–H and O–H groups in total. The van der Waals surface area contributed by atoms with E-state index in [-0.39, 0.29) is 11.8 Å². The molecule has 2 aromatic rings. The molecule has 8 heteroatoms. The lowest BCUT2D eigenvalue weighted by Gasteiger charge is -2.22. The second kappa shape index (κ2) is 8.55. The molecule has 1 amide bonds. The molecule has 6 nitrogen and oxygen atoms in total. The van der Waals surface area contributed by atoms with E-state index in [1.807, 2.05) is 18.2 Å². The van der Waals surface area contributed by atoms with Gasteiger partial charge in [-0.25, -0.2) is 4.98 Å². The molecular formula is C21H22F2N4O2. The van der Waals surface area contributed by atoms with Crippen molar-refractivity contribution in [1.82, 2.24) is 15.3 Å². The van der Waals surface area contributed by atoms with E-state index in [9.17, 15) is 13.6 Å². The number of nitrogens with one attached hydrogen (secondary N) is 1. The van der Waals surface area contributed by atoms with Crippen LogP contribution >= 0.6 is 0 Å². The first-order valence-electron chi connectivity index (χ1n) is 9.62. The number of halogens is 2. The zero-order valence-electron chi connectivity index (χ0n) is 15.7. The maximum absolute atomic E-state index is 12.3. The maximum atomic E-state index is 12.3. The number of hydrogen-bond acceptors (Lipinski definition) is 5. The number of alkyl halides is 2. The van der Waals surface area contributed by atoms with Crippen LogP contribution in [0.1, 0.15) is 12.0 Å². The normalized spacial score (nSPS) is 22.7. The third-order valence-corrected chi connectivity index (χ3v) is 5.55. The molecule has 0 radical (unpaired) electrons. The Morgan fingerprint density at radius 2 is 2.14 bits per heavy atom. The Labute approximate surface area is 167 Å². The third kappa shape index (κ3) is 4.88. The predicted molar refractivity (Wildman–Crippen MR) is 104 cm³/mol. The zero-order chi connectivity index (χ0) is 20.2. The van der Waals surface area contributed by atoms with E-state index in [0.717, 1.165) is 30.8 Å². The fourth-order valence-electron chi connectivity index (χ4n) is 4.11. The van der Waals surface area contributed by atoms with Crippen LogP contribution in [-0.4, -0.2) is 42.1 Å². The van der Waals surface area contributed by atoms with Crippen molar-refractivity contribution in [3.63, 3.8) is 0 Å². The molecule has 2 aromatic heterocycles. The summed E-state index contributed by atoms with van der Waals surface area (Å²) in [5, 5.41) is 2.93. The average Bonchev–Trinajstić information content (AvgIpc) is 3.16. The Morgan fingerprint density at radius 3 is 2.86 bits per heavy atom. The van der Waals surface area contributed by atoms with Gasteiger partial charge in [0.25, 0.3) is 0 Å². The topological polar surface area (TPSA) is 67.4 Å². The Bertz CT molecular complexity index is 866. The van der Waals surface area contributed by atoms with Crippen molar-refractivity contribution in [2.45, 2.75) is 13.0 Å². The lowest BCUT2D eigenvalue weighted by molar-refractivity contribution is -0.116. The molecule has 1 aliphatic carbocycles. The summed E-state index contributed by atoms with van der Waals surface area (Å²) in [5.74, 6) is 1.62. The second-order valence-corrected chi connectivity index (χ2v) is 7.33. The van der Waals surface area contributed by atoms with Crippen molar-refractivity contribution < 1.29 is 18.3 Å². The van der Waals surface area contributed by atoms with E-state index in [1.54, 1.807) is 24.5 Å². The summed E-state index contributed by atoms with van der Waals surface area (Å²) < 4.78 is 29.1. The molecule has 1 saturated carbocycles. The molecular weight excluding hydrogens is 378 g/mol. The van der Waals surface area contributed by atoms with Crippen molar-refractivity contribution >= 4 is 17.7 Å². The first-order chi connectivity index (χ1) is 14.1. The standard InChI is InChI=1S/C21H22F2N4O2/c22-21(23)29-20-10-15(5-8-26-20)27-12-17-16(18(17)13-27)6-9-25-19(28)4-3-14-2-1-7-24-11-14/h1-5,7-8,10-11,16-18,21H,6,9,12-13H2,(H,25,28)/b4-3+/t16-,17-,18+. The van der Waals surface area contributed by atoms with E-state index in [4.69, 9.17) is 0 Å². The lowest BCUT2D eigenvalue weighted by atomic mass is 10.2. The highest BCUT2D eigenvalue weighted by molar-refractivity contribution is 5.91. The average molecular weight is 400 g/mol. The van der Waals surface area contributed by atoms with Gasteiger partial charge in [0.05, 0.1) is 0 Å². The molecule has 1 aliphatic heterocycles. The van der Waals surface area contributed by atoms with Crippen molar-refractivity contribution in [3.05, 3.63) is 54.5 Å². The Kier molecular flexibility index (Phi) is 5.69. The summed E-state index contributed by atoms with van der Waals surface area (Å²) in [6.07, 6.45) is 9.10. The van der Waals surface area contributed by atoms with E-state index in [1.165, 1.54) is 12.3 Å². The third-order valence-electron chi connectivity index (χ3n) is 5.55. The molecule has 0 aromatic carbocycles. The number of pyridine rings is 2. The van der Waals surface area contributed by atoms with E-state index >= 15 is 0 Å². The van der Waals surface area contributed by atoms with Gasteiger partial charge in [0.2, 0.25) is 11.8 Å². The molecule has 0 unspecified atom stereocenters. The zero-order valence-corrected chi connectivity index (χ0v) is 15.7. The van der Waals surface area contributed by atoms with Crippen LogP contribution in [0.25, 0.3) is 6.08 Å². The van der Waals surface area contributed by atoms with Crippen LogP contribution in [0, 0.1) is 17.8 Å². The first kappa shape index (κ1) is 19.3. The van der Waals surface area contributed by atoms with Gasteiger partial charge in [-0.15, -0.1) is 0 Å². The van der Waals surface area contributed by atoms with Crippen molar-refractivity contribution in [2.24, 2.45) is 17.8 Å². The summed E-state index contributed by atoms with van der Waals surface area (Å²) in [4.78, 5) is 21.9. The number of piperidine rings is 1. The van der Waals surface area contributed by atoms with Gasteiger partial charge >= 0.3 is 6.61 Å². The van der Waals surface area contributed by atoms with Crippen LogP contribution in [-0.2, 0) is 4.79 Å². The minimum absolute atomic E-state index is 0.0586. The van der Waals surface area contributed by atoms with Gasteiger partial charge in [0.15, 0.2) is 0 Å². The van der Waals surface area contributed by atoms with Crippen LogP contribution < -0.4 is 15.0 Å². The highest BCUT2D eigenvalue weighted by Gasteiger charge is 2.54. The monoisotopic (exact) mass is 400 g/mol. The maximum Gasteiger partial charge on any atom is 0.388 e. The Morgan fingerprint density at radius 1 is 1.31 bits per heavy atom. The van der Waals surface area contributed by atoms with Crippen molar-refractivity contribution in [2.75, 3.05) is 24.5 Å². The summed E-state index contributed by atoms with van der Waals surface area (Å²) in [6, 6.07) is 7.08. The molecule has 0 bridgehead atoms. The number of hydrogen-bond donors (Lipinski definition) is 1. The van der Waals surface area contributed by atoms with Crippen LogP contribution in [0.2, 0.25) is 0 Å². The molecule has 3 atom stereocenters. The molecule has 3 heterocycles. The highest BCUT2D eigenvalue weighted by atomic mass is 19.3. The van der Waals surface area contributed by atoms with Crippen LogP contribution in [0.3, 0.4) is 0 Å². The van der Waals surface area contributed by atoms with Gasteiger partial charge < -0.3 is 15.0 Å². The predicted octanol–water partition coefficient (Wildman–Crippen LogP) is 2.98. The first-order valence-corrected chi connectivity index (χ1v) is 9.62. The number of nitrogens with zero attached hydrogens (tertiary/aromatic N) is 3. The molecule has 2 fully saturated rings. The molecule has 1 saturated heterocycles. The van der Waals surface area contributed by atoms with Crippen molar-refractivity contribution in [1.29, 1.82) is 0 Å². The van der Waals surface area contributed by atoms with E-state index < -0.39 is 6.61 Å². The van der Waals surface area contributed by atoms with Gasteiger partial charge in [-0.3, -0.25) is 9.78 Å². The summed E-state index contributed by atoms with van der Waals surface area (Å²) >= 11 is 0. The molecule has 152 valence electrons. The van der Waals surface area contributed by atoms with Gasteiger partial charge in [0.1, 0.15) is 0 Å².